The minimum Gasteiger partial charge on any atom is -0.437 e. The lowest BCUT2D eigenvalue weighted by atomic mass is 10.2. The molecule has 0 saturated heterocycles. The maximum atomic E-state index is 5.53. The number of benzene rings is 1. The summed E-state index contributed by atoms with van der Waals surface area (Å²) in [4.78, 5) is 8.04. The molecule has 0 aliphatic carbocycles. The highest BCUT2D eigenvalue weighted by molar-refractivity contribution is 5.34. The number of aryl methyl sites for hydroxylation is 1. The van der Waals surface area contributed by atoms with E-state index in [1.165, 1.54) is 12.4 Å². The van der Waals surface area contributed by atoms with Gasteiger partial charge in [-0.2, -0.15) is 4.98 Å². The van der Waals surface area contributed by atoms with E-state index < -0.39 is 0 Å². The second-order valence-electron chi connectivity index (χ2n) is 3.31. The van der Waals surface area contributed by atoms with E-state index in [9.17, 15) is 0 Å². The van der Waals surface area contributed by atoms with Gasteiger partial charge < -0.3 is 10.2 Å². The first-order valence-electron chi connectivity index (χ1n) is 4.81. The molecule has 0 atom stereocenters. The van der Waals surface area contributed by atoms with E-state index in [0.29, 0.717) is 11.7 Å². The van der Waals surface area contributed by atoms with Gasteiger partial charge in [0, 0.05) is 0 Å². The van der Waals surface area contributed by atoms with Crippen LogP contribution in [-0.2, 0) is 0 Å². The molecule has 0 fully saturated rings. The summed E-state index contributed by atoms with van der Waals surface area (Å²) in [7, 11) is 0. The number of ether oxygens (including phenoxy) is 1. The normalized spacial score (nSPS) is 9.88. The summed E-state index contributed by atoms with van der Waals surface area (Å²) in [6.07, 6.45) is 3.05. The number of hydrogen-bond acceptors (Lipinski definition) is 5. The Balaban J connectivity index is 2.20. The van der Waals surface area contributed by atoms with Crippen molar-refractivity contribution in [1.82, 2.24) is 9.97 Å². The van der Waals surface area contributed by atoms with E-state index in [4.69, 9.17) is 10.6 Å². The highest BCUT2D eigenvalue weighted by Crippen LogP contribution is 2.20. The van der Waals surface area contributed by atoms with Crippen LogP contribution in [0.15, 0.2) is 36.7 Å². The monoisotopic (exact) mass is 216 g/mol. The third-order valence-electron chi connectivity index (χ3n) is 1.97. The van der Waals surface area contributed by atoms with Crippen LogP contribution in [0.2, 0.25) is 0 Å². The van der Waals surface area contributed by atoms with E-state index in [1.807, 2.05) is 31.2 Å². The van der Waals surface area contributed by atoms with Gasteiger partial charge in [-0.15, -0.1) is 0 Å². The van der Waals surface area contributed by atoms with Crippen LogP contribution in [0.3, 0.4) is 0 Å². The number of hydrogen-bond donors (Lipinski definition) is 2. The van der Waals surface area contributed by atoms with Crippen molar-refractivity contribution in [2.75, 3.05) is 5.43 Å². The van der Waals surface area contributed by atoms with Gasteiger partial charge in [-0.25, -0.2) is 5.84 Å². The van der Waals surface area contributed by atoms with Crippen molar-refractivity contribution in [2.24, 2.45) is 5.84 Å². The number of hydrazine groups is 1. The number of rotatable bonds is 3. The van der Waals surface area contributed by atoms with Gasteiger partial charge in [-0.05, 0) is 24.6 Å². The molecule has 0 radical (unpaired) electrons. The lowest BCUT2D eigenvalue weighted by Gasteiger charge is -2.05. The molecule has 0 spiro atoms. The molecule has 5 heteroatoms. The summed E-state index contributed by atoms with van der Waals surface area (Å²) in [6, 6.07) is 7.70. The zero-order valence-corrected chi connectivity index (χ0v) is 8.84. The number of aromatic nitrogens is 2. The second kappa shape index (κ2) is 4.59. The average molecular weight is 216 g/mol. The molecule has 0 amide bonds. The summed E-state index contributed by atoms with van der Waals surface area (Å²) >= 11 is 0. The first kappa shape index (κ1) is 10.4. The Labute approximate surface area is 93.3 Å². The fourth-order valence-electron chi connectivity index (χ4n) is 1.27. The molecule has 0 aliphatic heterocycles. The maximum absolute atomic E-state index is 5.53. The fraction of sp³-hybridized carbons (Fsp3) is 0.0909. The summed E-state index contributed by atoms with van der Waals surface area (Å²) < 4.78 is 5.53. The van der Waals surface area contributed by atoms with E-state index in [1.54, 1.807) is 0 Å². The third-order valence-corrected chi connectivity index (χ3v) is 1.97. The van der Waals surface area contributed by atoms with Gasteiger partial charge in [0.2, 0.25) is 5.88 Å². The van der Waals surface area contributed by atoms with Crippen LogP contribution in [-0.4, -0.2) is 9.97 Å². The molecule has 2 rings (SSSR count). The Morgan fingerprint density at radius 2 is 2.19 bits per heavy atom. The molecular formula is C11H12N4O. The average Bonchev–Trinajstić information content (AvgIpc) is 2.29. The van der Waals surface area contributed by atoms with Crippen molar-refractivity contribution in [3.63, 3.8) is 0 Å². The van der Waals surface area contributed by atoms with Gasteiger partial charge >= 0.3 is 0 Å². The van der Waals surface area contributed by atoms with E-state index in [0.717, 1.165) is 11.3 Å². The minimum atomic E-state index is 0.404. The zero-order chi connectivity index (χ0) is 11.4. The topological polar surface area (TPSA) is 73.1 Å². The molecule has 2 aromatic rings. The van der Waals surface area contributed by atoms with Crippen molar-refractivity contribution >= 4 is 5.82 Å². The number of nitrogens with zero attached hydrogens (tertiary/aromatic N) is 2. The van der Waals surface area contributed by atoms with Crippen LogP contribution in [0.4, 0.5) is 5.82 Å². The predicted molar refractivity (Wildman–Crippen MR) is 61.1 cm³/mol. The summed E-state index contributed by atoms with van der Waals surface area (Å²) in [6.45, 7) is 2.00. The second-order valence-corrected chi connectivity index (χ2v) is 3.31. The van der Waals surface area contributed by atoms with Crippen LogP contribution in [0.5, 0.6) is 11.6 Å². The lowest BCUT2D eigenvalue weighted by Crippen LogP contribution is -2.08. The van der Waals surface area contributed by atoms with Gasteiger partial charge in [0.15, 0.2) is 5.82 Å². The Morgan fingerprint density at radius 1 is 1.31 bits per heavy atom. The van der Waals surface area contributed by atoms with Crippen LogP contribution >= 0.6 is 0 Å². The molecule has 0 unspecified atom stereocenters. The van der Waals surface area contributed by atoms with E-state index in [2.05, 4.69) is 15.4 Å². The molecule has 1 aromatic heterocycles. The highest BCUT2D eigenvalue weighted by atomic mass is 16.5. The Bertz CT molecular complexity index is 487. The smallest absolute Gasteiger partial charge is 0.239 e. The molecule has 3 N–H and O–H groups in total. The minimum absolute atomic E-state index is 0.404. The molecule has 0 aliphatic rings. The van der Waals surface area contributed by atoms with Crippen LogP contribution in [0, 0.1) is 6.92 Å². The third kappa shape index (κ3) is 2.46. The standard InChI is InChI=1S/C11H12N4O/c1-8-3-2-4-9(5-8)16-11-7-13-6-10(14-11)15-12/h2-7H,12H2,1H3,(H,14,15). The van der Waals surface area contributed by atoms with Crippen LogP contribution in [0.1, 0.15) is 5.56 Å². The van der Waals surface area contributed by atoms with Gasteiger partial charge in [-0.3, -0.25) is 4.98 Å². The van der Waals surface area contributed by atoms with Gasteiger partial charge in [0.1, 0.15) is 5.75 Å². The van der Waals surface area contributed by atoms with Crippen molar-refractivity contribution in [3.05, 3.63) is 42.2 Å². The Morgan fingerprint density at radius 3 is 2.94 bits per heavy atom. The van der Waals surface area contributed by atoms with Crippen LogP contribution in [0.25, 0.3) is 0 Å². The van der Waals surface area contributed by atoms with Gasteiger partial charge in [0.25, 0.3) is 0 Å². The number of nitrogens with two attached hydrogens (primary N) is 1. The number of anilines is 1. The molecule has 1 aromatic carbocycles. The van der Waals surface area contributed by atoms with Crippen molar-refractivity contribution in [2.45, 2.75) is 6.92 Å². The van der Waals surface area contributed by atoms with Gasteiger partial charge in [0.05, 0.1) is 12.4 Å². The highest BCUT2D eigenvalue weighted by Gasteiger charge is 2.00. The fourth-order valence-corrected chi connectivity index (χ4v) is 1.27. The number of nitrogens with one attached hydrogen (secondary N) is 1. The van der Waals surface area contributed by atoms with Crippen molar-refractivity contribution < 1.29 is 4.74 Å². The zero-order valence-electron chi connectivity index (χ0n) is 8.84. The Hall–Kier alpha value is -2.14. The summed E-state index contributed by atoms with van der Waals surface area (Å²) in [5.41, 5.74) is 3.53. The summed E-state index contributed by atoms with van der Waals surface area (Å²) in [5, 5.41) is 0. The lowest BCUT2D eigenvalue weighted by molar-refractivity contribution is 0.460. The van der Waals surface area contributed by atoms with Crippen molar-refractivity contribution in [1.29, 1.82) is 0 Å². The maximum Gasteiger partial charge on any atom is 0.239 e. The van der Waals surface area contributed by atoms with E-state index in [-0.39, 0.29) is 0 Å². The molecular weight excluding hydrogens is 204 g/mol. The largest absolute Gasteiger partial charge is 0.437 e. The number of nitrogen functional groups attached to an aromatic ring is 1. The molecule has 1 heterocycles. The summed E-state index contributed by atoms with van der Waals surface area (Å²) in [5.74, 6) is 6.82. The molecule has 0 saturated carbocycles. The van der Waals surface area contributed by atoms with E-state index >= 15 is 0 Å². The molecule has 16 heavy (non-hydrogen) atoms. The van der Waals surface area contributed by atoms with Gasteiger partial charge in [-0.1, -0.05) is 12.1 Å². The molecule has 82 valence electrons. The molecule has 0 bridgehead atoms. The quantitative estimate of drug-likeness (QED) is 0.605. The first-order valence-corrected chi connectivity index (χ1v) is 4.81. The predicted octanol–water partition coefficient (Wildman–Crippen LogP) is 1.86. The van der Waals surface area contributed by atoms with Crippen molar-refractivity contribution in [3.8, 4) is 11.6 Å². The first-order chi connectivity index (χ1) is 7.78. The SMILES string of the molecule is Cc1cccc(Oc2cncc(NN)n2)c1. The molecule has 5 nitrogen and oxygen atoms in total. The Kier molecular flexibility index (Phi) is 2.98. The van der Waals surface area contributed by atoms with Crippen LogP contribution < -0.4 is 16.0 Å².